The van der Waals surface area contributed by atoms with Gasteiger partial charge in [-0.3, -0.25) is 4.79 Å². The second-order valence-electron chi connectivity index (χ2n) is 5.10. The molecule has 0 bridgehead atoms. The van der Waals surface area contributed by atoms with E-state index in [0.717, 1.165) is 10.2 Å². The summed E-state index contributed by atoms with van der Waals surface area (Å²) in [7, 11) is 3.15. The van der Waals surface area contributed by atoms with Crippen molar-refractivity contribution in [2.75, 3.05) is 19.5 Å². The number of rotatable bonds is 7. The monoisotopic (exact) mass is 409 g/mol. The van der Waals surface area contributed by atoms with Crippen LogP contribution in [0.3, 0.4) is 0 Å². The minimum Gasteiger partial charge on any atom is -0.493 e. The van der Waals surface area contributed by atoms with Gasteiger partial charge in [-0.1, -0.05) is 34.1 Å². The van der Waals surface area contributed by atoms with Crippen LogP contribution in [0.25, 0.3) is 0 Å². The van der Waals surface area contributed by atoms with Crippen LogP contribution < -0.4 is 14.8 Å². The Morgan fingerprint density at radius 2 is 1.88 bits per heavy atom. The van der Waals surface area contributed by atoms with Crippen LogP contribution in [0.5, 0.6) is 11.5 Å². The fourth-order valence-electron chi connectivity index (χ4n) is 2.06. The first-order valence-electron chi connectivity index (χ1n) is 7.43. The molecule has 2 aromatic carbocycles. The molecule has 0 spiro atoms. The molecule has 1 N–H and O–H groups in total. The van der Waals surface area contributed by atoms with Crippen molar-refractivity contribution in [1.29, 1.82) is 0 Å². The standard InChI is InChI=1S/C18H20BrNO3S/c1-12(24-11-13-6-4-5-7-15(13)19)18(21)20-14-8-9-16(22-2)17(10-14)23-3/h4-10,12H,11H2,1-3H3,(H,20,21). The summed E-state index contributed by atoms with van der Waals surface area (Å²) in [6.07, 6.45) is 0. The molecule has 2 aromatic rings. The van der Waals surface area contributed by atoms with Crippen molar-refractivity contribution >= 4 is 39.3 Å². The number of anilines is 1. The topological polar surface area (TPSA) is 47.6 Å². The van der Waals surface area contributed by atoms with Gasteiger partial charge in [-0.15, -0.1) is 11.8 Å². The Balaban J connectivity index is 1.95. The van der Waals surface area contributed by atoms with Crippen LogP contribution in [-0.4, -0.2) is 25.4 Å². The molecule has 0 fully saturated rings. The molecule has 1 atom stereocenters. The zero-order valence-electron chi connectivity index (χ0n) is 13.8. The van der Waals surface area contributed by atoms with Crippen LogP contribution in [0.4, 0.5) is 5.69 Å². The maximum Gasteiger partial charge on any atom is 0.237 e. The van der Waals surface area contributed by atoms with Crippen LogP contribution in [0.1, 0.15) is 12.5 Å². The third kappa shape index (κ3) is 4.92. The molecule has 0 saturated carbocycles. The van der Waals surface area contributed by atoms with Crippen LogP contribution in [0, 0.1) is 0 Å². The number of carbonyl (C=O) groups excluding carboxylic acids is 1. The van der Waals surface area contributed by atoms with Gasteiger partial charge in [0.25, 0.3) is 0 Å². The van der Waals surface area contributed by atoms with Crippen molar-refractivity contribution in [1.82, 2.24) is 0 Å². The highest BCUT2D eigenvalue weighted by Crippen LogP contribution is 2.30. The van der Waals surface area contributed by atoms with Gasteiger partial charge < -0.3 is 14.8 Å². The number of thioether (sulfide) groups is 1. The molecule has 4 nitrogen and oxygen atoms in total. The molecule has 0 aliphatic carbocycles. The normalized spacial score (nSPS) is 11.7. The lowest BCUT2D eigenvalue weighted by Crippen LogP contribution is -2.22. The van der Waals surface area contributed by atoms with E-state index < -0.39 is 0 Å². The summed E-state index contributed by atoms with van der Waals surface area (Å²) >= 11 is 5.12. The van der Waals surface area contributed by atoms with Crippen LogP contribution in [0.2, 0.25) is 0 Å². The fraction of sp³-hybridized carbons (Fsp3) is 0.278. The number of halogens is 1. The van der Waals surface area contributed by atoms with Gasteiger partial charge in [-0.25, -0.2) is 0 Å². The first-order valence-corrected chi connectivity index (χ1v) is 9.27. The first-order chi connectivity index (χ1) is 11.5. The largest absolute Gasteiger partial charge is 0.493 e. The predicted octanol–water partition coefficient (Wildman–Crippen LogP) is 4.73. The van der Waals surface area contributed by atoms with Gasteiger partial charge >= 0.3 is 0 Å². The van der Waals surface area contributed by atoms with E-state index in [4.69, 9.17) is 9.47 Å². The molecule has 24 heavy (non-hydrogen) atoms. The van der Waals surface area contributed by atoms with E-state index in [0.29, 0.717) is 17.2 Å². The zero-order chi connectivity index (χ0) is 17.5. The fourth-order valence-corrected chi connectivity index (χ4v) is 3.57. The summed E-state index contributed by atoms with van der Waals surface area (Å²) in [6.45, 7) is 1.90. The van der Waals surface area contributed by atoms with E-state index in [1.54, 1.807) is 44.2 Å². The lowest BCUT2D eigenvalue weighted by atomic mass is 10.2. The highest BCUT2D eigenvalue weighted by atomic mass is 79.9. The summed E-state index contributed by atoms with van der Waals surface area (Å²) < 4.78 is 11.5. The number of hydrogen-bond donors (Lipinski definition) is 1. The van der Waals surface area contributed by atoms with Gasteiger partial charge in [0.05, 0.1) is 19.5 Å². The van der Waals surface area contributed by atoms with Gasteiger partial charge in [-0.2, -0.15) is 0 Å². The highest BCUT2D eigenvalue weighted by molar-refractivity contribution is 9.10. The molecule has 6 heteroatoms. The number of amides is 1. The summed E-state index contributed by atoms with van der Waals surface area (Å²) in [6, 6.07) is 13.3. The van der Waals surface area contributed by atoms with Gasteiger partial charge in [0.15, 0.2) is 11.5 Å². The molecule has 1 amide bonds. The van der Waals surface area contributed by atoms with E-state index in [9.17, 15) is 4.79 Å². The van der Waals surface area contributed by atoms with Gasteiger partial charge in [0.2, 0.25) is 5.91 Å². The minimum atomic E-state index is -0.176. The highest BCUT2D eigenvalue weighted by Gasteiger charge is 2.15. The molecule has 0 aliphatic heterocycles. The molecule has 0 aromatic heterocycles. The van der Waals surface area contributed by atoms with Crippen molar-refractivity contribution in [2.45, 2.75) is 17.9 Å². The van der Waals surface area contributed by atoms with Crippen LogP contribution in [-0.2, 0) is 10.5 Å². The maximum absolute atomic E-state index is 12.4. The Kier molecular flexibility index (Phi) is 6.99. The van der Waals surface area contributed by atoms with Crippen molar-refractivity contribution in [3.05, 3.63) is 52.5 Å². The Morgan fingerprint density at radius 1 is 1.17 bits per heavy atom. The van der Waals surface area contributed by atoms with E-state index in [-0.39, 0.29) is 11.2 Å². The van der Waals surface area contributed by atoms with Crippen molar-refractivity contribution in [2.24, 2.45) is 0 Å². The van der Waals surface area contributed by atoms with Crippen molar-refractivity contribution in [3.63, 3.8) is 0 Å². The maximum atomic E-state index is 12.4. The summed E-state index contributed by atoms with van der Waals surface area (Å²) in [5.41, 5.74) is 1.86. The number of hydrogen-bond acceptors (Lipinski definition) is 4. The molecule has 0 saturated heterocycles. The summed E-state index contributed by atoms with van der Waals surface area (Å²) in [5.74, 6) is 1.94. The first kappa shape index (κ1) is 18.7. The van der Waals surface area contributed by atoms with Crippen molar-refractivity contribution in [3.8, 4) is 11.5 Å². The average molecular weight is 410 g/mol. The minimum absolute atomic E-state index is 0.0423. The summed E-state index contributed by atoms with van der Waals surface area (Å²) in [4.78, 5) is 12.4. The molecule has 1 unspecified atom stereocenters. The third-order valence-electron chi connectivity index (χ3n) is 3.47. The molecule has 2 rings (SSSR count). The second kappa shape index (κ2) is 8.99. The van der Waals surface area contributed by atoms with Crippen molar-refractivity contribution < 1.29 is 14.3 Å². The number of ether oxygens (including phenoxy) is 2. The van der Waals surface area contributed by atoms with E-state index in [1.807, 2.05) is 25.1 Å². The number of nitrogens with one attached hydrogen (secondary N) is 1. The van der Waals surface area contributed by atoms with Crippen LogP contribution in [0.15, 0.2) is 46.9 Å². The lowest BCUT2D eigenvalue weighted by molar-refractivity contribution is -0.115. The molecule has 0 heterocycles. The van der Waals surface area contributed by atoms with Gasteiger partial charge in [-0.05, 0) is 30.7 Å². The molecule has 0 aliphatic rings. The van der Waals surface area contributed by atoms with Gasteiger partial charge in [0, 0.05) is 22.0 Å². The number of methoxy groups -OCH3 is 2. The SMILES string of the molecule is COc1ccc(NC(=O)C(C)SCc2ccccc2Br)cc1OC. The molecule has 128 valence electrons. The number of benzene rings is 2. The summed E-state index contributed by atoms with van der Waals surface area (Å²) in [5, 5.41) is 2.74. The predicted molar refractivity (Wildman–Crippen MR) is 103 cm³/mol. The molecular formula is C18H20BrNO3S. The van der Waals surface area contributed by atoms with E-state index >= 15 is 0 Å². The van der Waals surface area contributed by atoms with E-state index in [1.165, 1.54) is 5.56 Å². The quantitative estimate of drug-likeness (QED) is 0.717. The Bertz CT molecular complexity index is 708. The Morgan fingerprint density at radius 3 is 2.54 bits per heavy atom. The van der Waals surface area contributed by atoms with Crippen LogP contribution >= 0.6 is 27.7 Å². The lowest BCUT2D eigenvalue weighted by Gasteiger charge is -2.14. The smallest absolute Gasteiger partial charge is 0.237 e. The second-order valence-corrected chi connectivity index (χ2v) is 7.29. The number of carbonyl (C=O) groups is 1. The average Bonchev–Trinajstić information content (AvgIpc) is 2.60. The van der Waals surface area contributed by atoms with Gasteiger partial charge in [0.1, 0.15) is 0 Å². The molecular weight excluding hydrogens is 390 g/mol. The Hall–Kier alpha value is -1.66. The zero-order valence-corrected chi connectivity index (χ0v) is 16.2. The Labute approximate surface area is 155 Å². The third-order valence-corrected chi connectivity index (χ3v) is 5.43. The molecule has 0 radical (unpaired) electrons. The van der Waals surface area contributed by atoms with E-state index in [2.05, 4.69) is 27.3 Å².